The van der Waals surface area contributed by atoms with E-state index in [0.717, 1.165) is 24.6 Å². The summed E-state index contributed by atoms with van der Waals surface area (Å²) in [6, 6.07) is 9.44. The van der Waals surface area contributed by atoms with Crippen LogP contribution < -0.4 is 10.2 Å². The number of amides is 1. The van der Waals surface area contributed by atoms with Gasteiger partial charge >= 0.3 is 0 Å². The monoisotopic (exact) mass is 345 g/mol. The fourth-order valence-corrected chi connectivity index (χ4v) is 2.87. The Morgan fingerprint density at radius 3 is 2.50 bits per heavy atom. The van der Waals surface area contributed by atoms with Gasteiger partial charge in [0.1, 0.15) is 0 Å². The SMILES string of the molecule is O=C(CNCc1ccccc1Cl)N1CCN(c2ncccn2)CC1. The Labute approximate surface area is 146 Å². The Balaban J connectivity index is 1.43. The number of hydrogen-bond donors (Lipinski definition) is 1. The molecule has 7 heteroatoms. The van der Waals surface area contributed by atoms with Crippen molar-refractivity contribution in [3.63, 3.8) is 0 Å². The van der Waals surface area contributed by atoms with Crippen LogP contribution in [0.25, 0.3) is 0 Å². The molecule has 24 heavy (non-hydrogen) atoms. The average Bonchev–Trinajstić information content (AvgIpc) is 2.64. The normalized spacial score (nSPS) is 14.7. The van der Waals surface area contributed by atoms with Crippen LogP contribution in [0.2, 0.25) is 5.02 Å². The van der Waals surface area contributed by atoms with E-state index >= 15 is 0 Å². The molecule has 1 N–H and O–H groups in total. The first kappa shape index (κ1) is 16.7. The molecule has 1 aliphatic heterocycles. The smallest absolute Gasteiger partial charge is 0.236 e. The second kappa shape index (κ2) is 8.08. The Bertz CT molecular complexity index is 674. The number of piperazine rings is 1. The van der Waals surface area contributed by atoms with Gasteiger partial charge < -0.3 is 15.1 Å². The van der Waals surface area contributed by atoms with Crippen molar-refractivity contribution in [3.8, 4) is 0 Å². The van der Waals surface area contributed by atoms with Crippen LogP contribution in [0.15, 0.2) is 42.7 Å². The third kappa shape index (κ3) is 4.21. The van der Waals surface area contributed by atoms with Crippen LogP contribution in [0.4, 0.5) is 5.95 Å². The molecule has 3 rings (SSSR count). The molecule has 1 amide bonds. The van der Waals surface area contributed by atoms with Gasteiger partial charge in [-0.1, -0.05) is 29.8 Å². The zero-order chi connectivity index (χ0) is 16.8. The van der Waals surface area contributed by atoms with Gasteiger partial charge in [0.2, 0.25) is 11.9 Å². The Morgan fingerprint density at radius 1 is 1.08 bits per heavy atom. The maximum Gasteiger partial charge on any atom is 0.236 e. The van der Waals surface area contributed by atoms with Crippen molar-refractivity contribution in [3.05, 3.63) is 53.3 Å². The van der Waals surface area contributed by atoms with Gasteiger partial charge in [-0.05, 0) is 17.7 Å². The van der Waals surface area contributed by atoms with Crippen molar-refractivity contribution < 1.29 is 4.79 Å². The van der Waals surface area contributed by atoms with Crippen LogP contribution in [0.3, 0.4) is 0 Å². The molecule has 1 aromatic heterocycles. The third-order valence-electron chi connectivity index (χ3n) is 4.02. The lowest BCUT2D eigenvalue weighted by atomic mass is 10.2. The first-order chi connectivity index (χ1) is 11.7. The largest absolute Gasteiger partial charge is 0.338 e. The molecule has 1 saturated heterocycles. The number of halogens is 1. The summed E-state index contributed by atoms with van der Waals surface area (Å²) in [5, 5.41) is 3.89. The van der Waals surface area contributed by atoms with Crippen LogP contribution in [0, 0.1) is 0 Å². The molecule has 1 aromatic carbocycles. The van der Waals surface area contributed by atoms with Gasteiger partial charge in [-0.25, -0.2) is 9.97 Å². The molecule has 6 nitrogen and oxygen atoms in total. The number of anilines is 1. The van der Waals surface area contributed by atoms with Crippen molar-refractivity contribution in [1.82, 2.24) is 20.2 Å². The van der Waals surface area contributed by atoms with Crippen LogP contribution in [-0.4, -0.2) is 53.5 Å². The topological polar surface area (TPSA) is 61.4 Å². The Morgan fingerprint density at radius 2 is 1.79 bits per heavy atom. The number of carbonyl (C=O) groups excluding carboxylic acids is 1. The third-order valence-corrected chi connectivity index (χ3v) is 4.39. The molecule has 1 aliphatic rings. The molecule has 0 aliphatic carbocycles. The Kier molecular flexibility index (Phi) is 5.61. The molecule has 0 saturated carbocycles. The molecular weight excluding hydrogens is 326 g/mol. The van der Waals surface area contributed by atoms with E-state index in [-0.39, 0.29) is 5.91 Å². The minimum Gasteiger partial charge on any atom is -0.338 e. The summed E-state index contributed by atoms with van der Waals surface area (Å²) in [6.07, 6.45) is 3.47. The van der Waals surface area contributed by atoms with Gasteiger partial charge in [0.05, 0.1) is 6.54 Å². The van der Waals surface area contributed by atoms with Crippen molar-refractivity contribution in [2.75, 3.05) is 37.6 Å². The van der Waals surface area contributed by atoms with E-state index in [1.165, 1.54) is 0 Å². The zero-order valence-corrected chi connectivity index (χ0v) is 14.1. The molecule has 0 radical (unpaired) electrons. The lowest BCUT2D eigenvalue weighted by Crippen LogP contribution is -2.51. The van der Waals surface area contributed by atoms with Crippen molar-refractivity contribution in [2.45, 2.75) is 6.54 Å². The number of benzene rings is 1. The summed E-state index contributed by atoms with van der Waals surface area (Å²) in [6.45, 7) is 3.77. The second-order valence-corrected chi connectivity index (χ2v) is 6.02. The van der Waals surface area contributed by atoms with Crippen LogP contribution in [0.1, 0.15) is 5.56 Å². The van der Waals surface area contributed by atoms with E-state index in [1.54, 1.807) is 18.5 Å². The Hall–Kier alpha value is -2.18. The van der Waals surface area contributed by atoms with Gasteiger partial charge in [-0.15, -0.1) is 0 Å². The van der Waals surface area contributed by atoms with Crippen molar-refractivity contribution in [2.24, 2.45) is 0 Å². The number of nitrogens with one attached hydrogen (secondary N) is 1. The fourth-order valence-electron chi connectivity index (χ4n) is 2.67. The number of aromatic nitrogens is 2. The molecule has 1 fully saturated rings. The minimum absolute atomic E-state index is 0.107. The predicted molar refractivity (Wildman–Crippen MR) is 94.0 cm³/mol. The van der Waals surface area contributed by atoms with E-state index < -0.39 is 0 Å². The standard InChI is InChI=1S/C17H20ClN5O/c18-15-5-2-1-4-14(15)12-19-13-16(24)22-8-10-23(11-9-22)17-20-6-3-7-21-17/h1-7,19H,8-13H2. The summed E-state index contributed by atoms with van der Waals surface area (Å²) in [4.78, 5) is 24.8. The molecule has 2 aromatic rings. The molecular formula is C17H20ClN5O. The number of nitrogens with zero attached hydrogens (tertiary/aromatic N) is 4. The van der Waals surface area contributed by atoms with Gasteiger partial charge in [0.25, 0.3) is 0 Å². The van der Waals surface area contributed by atoms with Crippen LogP contribution >= 0.6 is 11.6 Å². The van der Waals surface area contributed by atoms with Gasteiger partial charge in [0, 0.05) is 50.1 Å². The van der Waals surface area contributed by atoms with E-state index in [1.807, 2.05) is 29.2 Å². The van der Waals surface area contributed by atoms with Crippen molar-refractivity contribution in [1.29, 1.82) is 0 Å². The summed E-state index contributed by atoms with van der Waals surface area (Å²) in [7, 11) is 0. The number of rotatable bonds is 5. The highest BCUT2D eigenvalue weighted by atomic mass is 35.5. The summed E-state index contributed by atoms with van der Waals surface area (Å²) in [5.74, 6) is 0.831. The molecule has 126 valence electrons. The lowest BCUT2D eigenvalue weighted by molar-refractivity contribution is -0.130. The van der Waals surface area contributed by atoms with E-state index in [2.05, 4.69) is 20.2 Å². The first-order valence-electron chi connectivity index (χ1n) is 7.98. The van der Waals surface area contributed by atoms with Crippen LogP contribution in [-0.2, 0) is 11.3 Å². The molecule has 0 bridgehead atoms. The fraction of sp³-hybridized carbons (Fsp3) is 0.353. The number of hydrogen-bond acceptors (Lipinski definition) is 5. The van der Waals surface area contributed by atoms with E-state index in [4.69, 9.17) is 11.6 Å². The highest BCUT2D eigenvalue weighted by Crippen LogP contribution is 2.14. The van der Waals surface area contributed by atoms with Gasteiger partial charge in [-0.2, -0.15) is 0 Å². The predicted octanol–water partition coefficient (Wildman–Crippen LogP) is 1.57. The highest BCUT2D eigenvalue weighted by molar-refractivity contribution is 6.31. The minimum atomic E-state index is 0.107. The first-order valence-corrected chi connectivity index (χ1v) is 8.36. The van der Waals surface area contributed by atoms with Gasteiger partial charge in [-0.3, -0.25) is 4.79 Å². The van der Waals surface area contributed by atoms with Crippen molar-refractivity contribution >= 4 is 23.5 Å². The maximum atomic E-state index is 12.3. The van der Waals surface area contributed by atoms with Gasteiger partial charge in [0.15, 0.2) is 0 Å². The van der Waals surface area contributed by atoms with E-state index in [9.17, 15) is 4.79 Å². The summed E-state index contributed by atoms with van der Waals surface area (Å²) in [5.41, 5.74) is 0.998. The van der Waals surface area contributed by atoms with E-state index in [0.29, 0.717) is 31.2 Å². The summed E-state index contributed by atoms with van der Waals surface area (Å²) >= 11 is 6.11. The molecule has 0 unspecified atom stereocenters. The second-order valence-electron chi connectivity index (χ2n) is 5.61. The van der Waals surface area contributed by atoms with Crippen LogP contribution in [0.5, 0.6) is 0 Å². The average molecular weight is 346 g/mol. The molecule has 0 atom stereocenters. The maximum absolute atomic E-state index is 12.3. The quantitative estimate of drug-likeness (QED) is 0.891. The lowest BCUT2D eigenvalue weighted by Gasteiger charge is -2.34. The molecule has 0 spiro atoms. The highest BCUT2D eigenvalue weighted by Gasteiger charge is 2.21. The number of carbonyl (C=O) groups is 1. The summed E-state index contributed by atoms with van der Waals surface area (Å²) < 4.78 is 0. The molecule has 2 heterocycles. The zero-order valence-electron chi connectivity index (χ0n) is 13.4.